The molecule has 21 heavy (non-hydrogen) atoms. The molecule has 0 atom stereocenters. The summed E-state index contributed by atoms with van der Waals surface area (Å²) in [5.41, 5.74) is 0.666. The van der Waals surface area contributed by atoms with Gasteiger partial charge in [-0.3, -0.25) is 0 Å². The van der Waals surface area contributed by atoms with Crippen LogP contribution >= 0.6 is 46.4 Å². The normalized spacial score (nSPS) is 11.7. The highest BCUT2D eigenvalue weighted by Gasteiger charge is 2.33. The van der Waals surface area contributed by atoms with E-state index in [-0.39, 0.29) is 17.6 Å². The largest absolute Gasteiger partial charge is 0.207 e. The SMILES string of the molecule is Fc1cccc(Cl)c1CC(CCl)(CCl)c1cccc(Cl)c1. The van der Waals surface area contributed by atoms with Crippen LogP contribution in [-0.4, -0.2) is 11.8 Å². The van der Waals surface area contributed by atoms with Crippen LogP contribution in [0, 0.1) is 5.82 Å². The number of hydrogen-bond donors (Lipinski definition) is 0. The van der Waals surface area contributed by atoms with Crippen molar-refractivity contribution in [3.63, 3.8) is 0 Å². The third-order valence-electron chi connectivity index (χ3n) is 3.53. The van der Waals surface area contributed by atoms with E-state index in [0.29, 0.717) is 22.0 Å². The summed E-state index contributed by atoms with van der Waals surface area (Å²) in [4.78, 5) is 0. The molecule has 5 heteroatoms. The van der Waals surface area contributed by atoms with E-state index in [4.69, 9.17) is 46.4 Å². The molecule has 0 fully saturated rings. The molecular formula is C16H13Cl4F. The molecule has 0 nitrogen and oxygen atoms in total. The molecule has 2 aromatic rings. The Balaban J connectivity index is 2.48. The van der Waals surface area contributed by atoms with Gasteiger partial charge in [-0.25, -0.2) is 4.39 Å². The molecule has 0 N–H and O–H groups in total. The number of alkyl halides is 2. The van der Waals surface area contributed by atoms with Gasteiger partial charge in [-0.1, -0.05) is 41.4 Å². The van der Waals surface area contributed by atoms with E-state index in [1.165, 1.54) is 6.07 Å². The first-order chi connectivity index (χ1) is 10.0. The quantitative estimate of drug-likeness (QED) is 0.562. The lowest BCUT2D eigenvalue weighted by Gasteiger charge is -2.31. The van der Waals surface area contributed by atoms with Crippen molar-refractivity contribution in [2.24, 2.45) is 0 Å². The lowest BCUT2D eigenvalue weighted by atomic mass is 9.78. The fourth-order valence-electron chi connectivity index (χ4n) is 2.24. The second-order valence-corrected chi connectivity index (χ2v) is 6.31. The van der Waals surface area contributed by atoms with Gasteiger partial charge in [-0.05, 0) is 36.2 Å². The molecule has 0 saturated carbocycles. The van der Waals surface area contributed by atoms with E-state index in [2.05, 4.69) is 0 Å². The van der Waals surface area contributed by atoms with E-state index in [9.17, 15) is 4.39 Å². The number of benzene rings is 2. The van der Waals surface area contributed by atoms with Crippen LogP contribution < -0.4 is 0 Å². The first kappa shape index (κ1) is 16.9. The maximum Gasteiger partial charge on any atom is 0.127 e. The predicted molar refractivity (Wildman–Crippen MR) is 89.7 cm³/mol. The van der Waals surface area contributed by atoms with Gasteiger partial charge in [0.2, 0.25) is 0 Å². The summed E-state index contributed by atoms with van der Waals surface area (Å²) >= 11 is 24.5. The van der Waals surface area contributed by atoms with Crippen LogP contribution in [0.3, 0.4) is 0 Å². The topological polar surface area (TPSA) is 0 Å². The average molecular weight is 366 g/mol. The molecule has 112 valence electrons. The molecule has 0 heterocycles. The van der Waals surface area contributed by atoms with Crippen molar-refractivity contribution in [1.82, 2.24) is 0 Å². The standard InChI is InChI=1S/C16H13Cl4F/c17-9-16(10-18,11-3-1-4-12(19)7-11)8-13-14(20)5-2-6-15(13)21/h1-7H,8-10H2. The molecule has 0 aromatic heterocycles. The van der Waals surface area contributed by atoms with Crippen LogP contribution in [0.5, 0.6) is 0 Å². The van der Waals surface area contributed by atoms with Crippen molar-refractivity contribution in [3.05, 3.63) is 69.5 Å². The first-order valence-electron chi connectivity index (χ1n) is 6.33. The molecule has 2 aromatic carbocycles. The van der Waals surface area contributed by atoms with Gasteiger partial charge >= 0.3 is 0 Å². The fraction of sp³-hybridized carbons (Fsp3) is 0.250. The number of halogens is 5. The van der Waals surface area contributed by atoms with Crippen molar-refractivity contribution in [3.8, 4) is 0 Å². The molecule has 0 spiro atoms. The van der Waals surface area contributed by atoms with Gasteiger partial charge < -0.3 is 0 Å². The Labute approximate surface area is 143 Å². The second kappa shape index (κ2) is 7.19. The molecule has 0 radical (unpaired) electrons. The summed E-state index contributed by atoms with van der Waals surface area (Å²) in [6.07, 6.45) is 0.311. The highest BCUT2D eigenvalue weighted by Crippen LogP contribution is 2.35. The molecule has 0 amide bonds. The van der Waals surface area contributed by atoms with Crippen molar-refractivity contribution < 1.29 is 4.39 Å². The second-order valence-electron chi connectivity index (χ2n) is 4.93. The molecule has 0 aliphatic carbocycles. The van der Waals surface area contributed by atoms with Crippen LogP contribution in [0.1, 0.15) is 11.1 Å². The number of rotatable bonds is 5. The summed E-state index contributed by atoms with van der Waals surface area (Å²) in [5.74, 6) is 0.118. The van der Waals surface area contributed by atoms with Gasteiger partial charge in [-0.15, -0.1) is 23.2 Å². The monoisotopic (exact) mass is 364 g/mol. The maximum atomic E-state index is 14.1. The Hall–Kier alpha value is -0.470. The predicted octanol–water partition coefficient (Wildman–Crippen LogP) is 6.09. The first-order valence-corrected chi connectivity index (χ1v) is 8.16. The molecule has 0 bridgehead atoms. The van der Waals surface area contributed by atoms with Gasteiger partial charge in [0.1, 0.15) is 5.82 Å². The lowest BCUT2D eigenvalue weighted by Crippen LogP contribution is -2.33. The van der Waals surface area contributed by atoms with Gasteiger partial charge in [0.15, 0.2) is 0 Å². The van der Waals surface area contributed by atoms with Gasteiger partial charge in [-0.2, -0.15) is 0 Å². The molecule has 0 unspecified atom stereocenters. The van der Waals surface area contributed by atoms with Gasteiger partial charge in [0.05, 0.1) is 0 Å². The molecular weight excluding hydrogens is 353 g/mol. The number of hydrogen-bond acceptors (Lipinski definition) is 0. The van der Waals surface area contributed by atoms with Crippen molar-refractivity contribution >= 4 is 46.4 Å². The minimum absolute atomic E-state index is 0.238. The summed E-state index contributed by atoms with van der Waals surface area (Å²) in [6.45, 7) is 0. The van der Waals surface area contributed by atoms with Gasteiger partial charge in [0, 0.05) is 32.8 Å². The van der Waals surface area contributed by atoms with Crippen LogP contribution in [0.25, 0.3) is 0 Å². The van der Waals surface area contributed by atoms with Crippen LogP contribution in [0.4, 0.5) is 4.39 Å². The van der Waals surface area contributed by atoms with E-state index in [1.807, 2.05) is 12.1 Å². The Kier molecular flexibility index (Phi) is 5.79. The van der Waals surface area contributed by atoms with Crippen LogP contribution in [0.15, 0.2) is 42.5 Å². The van der Waals surface area contributed by atoms with E-state index >= 15 is 0 Å². The highest BCUT2D eigenvalue weighted by atomic mass is 35.5. The summed E-state index contributed by atoms with van der Waals surface area (Å²) in [7, 11) is 0. The van der Waals surface area contributed by atoms with Crippen molar-refractivity contribution in [2.75, 3.05) is 11.8 Å². The lowest BCUT2D eigenvalue weighted by molar-refractivity contribution is 0.512. The summed E-state index contributed by atoms with van der Waals surface area (Å²) < 4.78 is 14.1. The van der Waals surface area contributed by atoms with Gasteiger partial charge in [0.25, 0.3) is 0 Å². The zero-order valence-corrected chi connectivity index (χ0v) is 14.1. The van der Waals surface area contributed by atoms with Crippen LogP contribution in [0.2, 0.25) is 10.0 Å². The summed E-state index contributed by atoms with van der Waals surface area (Å²) in [6, 6.07) is 11.9. The third-order valence-corrected chi connectivity index (χ3v) is 5.14. The zero-order valence-electron chi connectivity index (χ0n) is 11.1. The van der Waals surface area contributed by atoms with E-state index in [0.717, 1.165) is 5.56 Å². The minimum atomic E-state index is -0.625. The molecule has 0 aliphatic rings. The van der Waals surface area contributed by atoms with Crippen LogP contribution in [-0.2, 0) is 11.8 Å². The Morgan fingerprint density at radius 2 is 1.62 bits per heavy atom. The zero-order chi connectivity index (χ0) is 15.5. The fourth-order valence-corrected chi connectivity index (χ4v) is 3.45. The molecule has 2 rings (SSSR count). The highest BCUT2D eigenvalue weighted by molar-refractivity contribution is 6.31. The minimum Gasteiger partial charge on any atom is -0.207 e. The Morgan fingerprint density at radius 3 is 2.19 bits per heavy atom. The smallest absolute Gasteiger partial charge is 0.127 e. The Morgan fingerprint density at radius 1 is 0.952 bits per heavy atom. The molecule has 0 saturated heterocycles. The molecule has 0 aliphatic heterocycles. The average Bonchev–Trinajstić information content (AvgIpc) is 2.48. The Bertz CT molecular complexity index is 603. The third kappa shape index (κ3) is 3.65. The van der Waals surface area contributed by atoms with Crippen molar-refractivity contribution in [1.29, 1.82) is 0 Å². The van der Waals surface area contributed by atoms with E-state index in [1.54, 1.807) is 24.3 Å². The summed E-state index contributed by atoms with van der Waals surface area (Å²) in [5, 5.41) is 0.961. The maximum absolute atomic E-state index is 14.1. The van der Waals surface area contributed by atoms with Crippen molar-refractivity contribution in [2.45, 2.75) is 11.8 Å². The van der Waals surface area contributed by atoms with E-state index < -0.39 is 5.41 Å².